The van der Waals surface area contributed by atoms with E-state index in [1.165, 1.54) is 22.5 Å². The highest BCUT2D eigenvalue weighted by atomic mass is 32.2. The number of thioether (sulfide) groups is 1. The monoisotopic (exact) mass is 284 g/mol. The predicted octanol–water partition coefficient (Wildman–Crippen LogP) is 3.25. The second-order valence-electron chi connectivity index (χ2n) is 4.22. The zero-order chi connectivity index (χ0) is 14.0. The Labute approximate surface area is 113 Å². The van der Waals surface area contributed by atoms with Crippen molar-refractivity contribution < 1.29 is 8.78 Å². The fourth-order valence-corrected chi connectivity index (χ4v) is 2.95. The van der Waals surface area contributed by atoms with Crippen molar-refractivity contribution in [2.45, 2.75) is 24.0 Å². The molecule has 0 aliphatic carbocycles. The minimum atomic E-state index is -2.49. The smallest absolute Gasteiger partial charge is 0.280 e. The third-order valence-corrected chi connectivity index (χ3v) is 4.06. The number of nitrogens with one attached hydrogen (secondary N) is 1. The van der Waals surface area contributed by atoms with Crippen molar-refractivity contribution in [3.05, 3.63) is 51.4 Å². The molecule has 0 unspecified atom stereocenters. The van der Waals surface area contributed by atoms with Crippen LogP contribution in [0.25, 0.3) is 0 Å². The van der Waals surface area contributed by atoms with Crippen molar-refractivity contribution >= 4 is 11.8 Å². The van der Waals surface area contributed by atoms with Crippen LogP contribution in [0.1, 0.15) is 23.2 Å². The topological polar surface area (TPSA) is 37.8 Å². The first-order chi connectivity index (χ1) is 9.00. The second kappa shape index (κ2) is 5.61. The van der Waals surface area contributed by atoms with Crippen LogP contribution in [0.5, 0.6) is 0 Å². The molecule has 0 radical (unpaired) electrons. The van der Waals surface area contributed by atoms with Gasteiger partial charge in [0.05, 0.1) is 4.90 Å². The first kappa shape index (κ1) is 13.9. The summed E-state index contributed by atoms with van der Waals surface area (Å²) >= 11 is 1.28. The standard InChI is InChI=1S/C13H14F2N2OS/c1-8-11(13(18)17(2)16-8)19-7-9-5-3-4-6-10(9)12(14)15/h3-6,12,16H,7H2,1-2H3. The number of hydrogen-bond acceptors (Lipinski definition) is 2. The summed E-state index contributed by atoms with van der Waals surface area (Å²) in [6.07, 6.45) is -2.49. The number of aromatic nitrogens is 2. The zero-order valence-electron chi connectivity index (χ0n) is 10.6. The van der Waals surface area contributed by atoms with Gasteiger partial charge in [-0.25, -0.2) is 8.78 Å². The molecule has 0 aliphatic heterocycles. The quantitative estimate of drug-likeness (QED) is 0.875. The summed E-state index contributed by atoms with van der Waals surface area (Å²) in [7, 11) is 1.63. The Bertz CT molecular complexity index is 634. The fourth-order valence-electron chi connectivity index (χ4n) is 1.86. The highest BCUT2D eigenvalue weighted by Gasteiger charge is 2.14. The largest absolute Gasteiger partial charge is 0.299 e. The molecular weight excluding hydrogens is 270 g/mol. The van der Waals surface area contributed by atoms with Crippen molar-refractivity contribution in [2.75, 3.05) is 0 Å². The van der Waals surface area contributed by atoms with E-state index in [-0.39, 0.29) is 11.1 Å². The lowest BCUT2D eigenvalue weighted by molar-refractivity contribution is 0.150. The summed E-state index contributed by atoms with van der Waals surface area (Å²) in [5.41, 5.74) is 1.22. The maximum Gasteiger partial charge on any atom is 0.280 e. The third kappa shape index (κ3) is 2.89. The molecule has 2 aromatic rings. The minimum Gasteiger partial charge on any atom is -0.299 e. The maximum absolute atomic E-state index is 12.8. The van der Waals surface area contributed by atoms with Crippen LogP contribution in [0.15, 0.2) is 34.0 Å². The maximum atomic E-state index is 12.8. The van der Waals surface area contributed by atoms with Crippen molar-refractivity contribution in [1.82, 2.24) is 9.78 Å². The first-order valence-corrected chi connectivity index (χ1v) is 6.73. The van der Waals surface area contributed by atoms with Gasteiger partial charge in [-0.15, -0.1) is 11.8 Å². The van der Waals surface area contributed by atoms with Gasteiger partial charge in [0.25, 0.3) is 12.0 Å². The summed E-state index contributed by atoms with van der Waals surface area (Å²) < 4.78 is 27.1. The summed E-state index contributed by atoms with van der Waals surface area (Å²) in [6, 6.07) is 6.41. The molecule has 0 saturated carbocycles. The molecule has 0 amide bonds. The second-order valence-corrected chi connectivity index (χ2v) is 5.20. The Morgan fingerprint density at radius 3 is 2.63 bits per heavy atom. The van der Waals surface area contributed by atoms with Gasteiger partial charge in [0, 0.05) is 24.1 Å². The minimum absolute atomic E-state index is 0.0278. The summed E-state index contributed by atoms with van der Waals surface area (Å²) in [4.78, 5) is 12.4. The lowest BCUT2D eigenvalue weighted by Crippen LogP contribution is -2.12. The van der Waals surface area contributed by atoms with Crippen LogP contribution in [0.2, 0.25) is 0 Å². The molecule has 0 bridgehead atoms. The molecule has 2 rings (SSSR count). The summed E-state index contributed by atoms with van der Waals surface area (Å²) in [6.45, 7) is 1.79. The Hall–Kier alpha value is -1.56. The fraction of sp³-hybridized carbons (Fsp3) is 0.308. The molecule has 1 heterocycles. The van der Waals surface area contributed by atoms with Crippen molar-refractivity contribution in [1.29, 1.82) is 0 Å². The van der Waals surface area contributed by atoms with E-state index < -0.39 is 6.43 Å². The van der Waals surface area contributed by atoms with Crippen LogP contribution < -0.4 is 5.56 Å². The number of alkyl halides is 2. The van der Waals surface area contributed by atoms with E-state index in [1.54, 1.807) is 32.2 Å². The van der Waals surface area contributed by atoms with Crippen molar-refractivity contribution in [3.8, 4) is 0 Å². The average molecular weight is 284 g/mol. The zero-order valence-corrected chi connectivity index (χ0v) is 11.4. The number of aromatic amines is 1. The highest BCUT2D eigenvalue weighted by Crippen LogP contribution is 2.28. The van der Waals surface area contributed by atoms with Gasteiger partial charge in [0.1, 0.15) is 0 Å². The summed E-state index contributed by atoms with van der Waals surface area (Å²) in [5.74, 6) is 0.356. The van der Waals surface area contributed by atoms with E-state index in [0.717, 1.165) is 5.69 Å². The number of rotatable bonds is 4. The van der Waals surface area contributed by atoms with E-state index in [1.807, 2.05) is 0 Å². The van der Waals surface area contributed by atoms with Crippen LogP contribution in [0.3, 0.4) is 0 Å². The van der Waals surface area contributed by atoms with E-state index >= 15 is 0 Å². The van der Waals surface area contributed by atoms with E-state index in [2.05, 4.69) is 5.10 Å². The van der Waals surface area contributed by atoms with Crippen LogP contribution in [-0.2, 0) is 12.8 Å². The predicted molar refractivity (Wildman–Crippen MR) is 71.7 cm³/mol. The van der Waals surface area contributed by atoms with Gasteiger partial charge >= 0.3 is 0 Å². The molecule has 19 heavy (non-hydrogen) atoms. The number of H-pyrrole nitrogens is 1. The van der Waals surface area contributed by atoms with Crippen LogP contribution in [0.4, 0.5) is 8.78 Å². The van der Waals surface area contributed by atoms with Gasteiger partial charge in [-0.3, -0.25) is 14.6 Å². The molecule has 102 valence electrons. The van der Waals surface area contributed by atoms with Gasteiger partial charge in [0.15, 0.2) is 0 Å². The molecule has 1 N–H and O–H groups in total. The molecule has 0 aliphatic rings. The third-order valence-electron chi connectivity index (χ3n) is 2.84. The van der Waals surface area contributed by atoms with Gasteiger partial charge in [-0.05, 0) is 12.5 Å². The molecule has 0 spiro atoms. The highest BCUT2D eigenvalue weighted by molar-refractivity contribution is 7.98. The van der Waals surface area contributed by atoms with E-state index in [9.17, 15) is 13.6 Å². The Balaban J connectivity index is 2.22. The van der Waals surface area contributed by atoms with Crippen LogP contribution in [-0.4, -0.2) is 9.78 Å². The molecule has 0 atom stereocenters. The van der Waals surface area contributed by atoms with Crippen LogP contribution in [0, 0.1) is 6.92 Å². The SMILES string of the molecule is Cc1[nH]n(C)c(=O)c1SCc1ccccc1C(F)F. The van der Waals surface area contributed by atoms with Gasteiger partial charge in [0.2, 0.25) is 0 Å². The van der Waals surface area contributed by atoms with Crippen molar-refractivity contribution in [2.24, 2.45) is 7.05 Å². The van der Waals surface area contributed by atoms with Crippen molar-refractivity contribution in [3.63, 3.8) is 0 Å². The first-order valence-electron chi connectivity index (χ1n) is 5.75. The average Bonchev–Trinajstić information content (AvgIpc) is 2.61. The Kier molecular flexibility index (Phi) is 4.09. The number of hydrogen-bond donors (Lipinski definition) is 1. The number of aryl methyl sites for hydroxylation is 2. The van der Waals surface area contributed by atoms with E-state index in [4.69, 9.17) is 0 Å². The molecule has 1 aromatic heterocycles. The summed E-state index contributed by atoms with van der Waals surface area (Å²) in [5, 5.41) is 2.88. The molecule has 0 saturated heterocycles. The van der Waals surface area contributed by atoms with Gasteiger partial charge < -0.3 is 0 Å². The van der Waals surface area contributed by atoms with E-state index in [0.29, 0.717) is 16.2 Å². The molecule has 3 nitrogen and oxygen atoms in total. The van der Waals surface area contributed by atoms with Gasteiger partial charge in [-0.2, -0.15) is 0 Å². The molecule has 6 heteroatoms. The number of nitrogens with zero attached hydrogens (tertiary/aromatic N) is 1. The normalized spacial score (nSPS) is 11.2. The lowest BCUT2D eigenvalue weighted by atomic mass is 10.1. The van der Waals surface area contributed by atoms with Gasteiger partial charge in [-0.1, -0.05) is 24.3 Å². The molecular formula is C13H14F2N2OS. The number of halogens is 2. The Morgan fingerprint density at radius 1 is 1.37 bits per heavy atom. The molecule has 0 fully saturated rings. The molecule has 1 aromatic carbocycles. The van der Waals surface area contributed by atoms with Crippen LogP contribution >= 0.6 is 11.8 Å². The lowest BCUT2D eigenvalue weighted by Gasteiger charge is -2.07. The Morgan fingerprint density at radius 2 is 2.05 bits per heavy atom. The number of benzene rings is 1.